The summed E-state index contributed by atoms with van der Waals surface area (Å²) in [5.41, 5.74) is 2.17. The number of phenolic OH excluding ortho intramolecular Hbond substituents is 1. The Balaban J connectivity index is 1.94. The van der Waals surface area contributed by atoms with Gasteiger partial charge in [-0.15, -0.1) is 0 Å². The summed E-state index contributed by atoms with van der Waals surface area (Å²) in [6.45, 7) is 2.06. The van der Waals surface area contributed by atoms with E-state index in [-0.39, 0.29) is 11.3 Å². The quantitative estimate of drug-likeness (QED) is 0.535. The smallest absolute Gasteiger partial charge is 0.266 e. The van der Waals surface area contributed by atoms with Crippen LogP contribution < -0.4 is 5.32 Å². The van der Waals surface area contributed by atoms with Crippen LogP contribution in [0.3, 0.4) is 0 Å². The average Bonchev–Trinajstić information content (AvgIpc) is 2.68. The topological polar surface area (TPSA) is 73.1 Å². The third-order valence-electron chi connectivity index (χ3n) is 4.22. The van der Waals surface area contributed by atoms with Gasteiger partial charge in [0.05, 0.1) is 0 Å². The van der Waals surface area contributed by atoms with Gasteiger partial charge in [-0.1, -0.05) is 49.4 Å². The van der Waals surface area contributed by atoms with Crippen molar-refractivity contribution in [2.75, 3.05) is 5.32 Å². The zero-order valence-corrected chi connectivity index (χ0v) is 14.4. The summed E-state index contributed by atoms with van der Waals surface area (Å²) in [7, 11) is 0. The van der Waals surface area contributed by atoms with E-state index in [9.17, 15) is 15.2 Å². The molecule has 0 fully saturated rings. The summed E-state index contributed by atoms with van der Waals surface area (Å²) >= 11 is 0. The van der Waals surface area contributed by atoms with E-state index in [1.165, 1.54) is 11.6 Å². The van der Waals surface area contributed by atoms with Gasteiger partial charge >= 0.3 is 0 Å². The van der Waals surface area contributed by atoms with Gasteiger partial charge in [0, 0.05) is 11.3 Å². The van der Waals surface area contributed by atoms with Crippen molar-refractivity contribution in [2.24, 2.45) is 0 Å². The largest absolute Gasteiger partial charge is 0.507 e. The predicted octanol–water partition coefficient (Wildman–Crippen LogP) is 4.65. The Bertz CT molecular complexity index is 1030. The third-order valence-corrected chi connectivity index (χ3v) is 4.22. The Morgan fingerprint density at radius 3 is 2.54 bits per heavy atom. The number of hydrogen-bond acceptors (Lipinski definition) is 3. The number of nitriles is 1. The molecular weight excluding hydrogens is 324 g/mol. The summed E-state index contributed by atoms with van der Waals surface area (Å²) in [5, 5.41) is 24.0. The minimum absolute atomic E-state index is 0.0246. The number of benzene rings is 3. The minimum Gasteiger partial charge on any atom is -0.507 e. The van der Waals surface area contributed by atoms with Crippen LogP contribution in [-0.4, -0.2) is 11.0 Å². The zero-order chi connectivity index (χ0) is 18.5. The fraction of sp³-hybridized carbons (Fsp3) is 0.0909. The Morgan fingerprint density at radius 1 is 1.12 bits per heavy atom. The molecule has 0 radical (unpaired) electrons. The molecular formula is C22H18N2O2. The summed E-state index contributed by atoms with van der Waals surface area (Å²) in [4.78, 5) is 12.5. The first-order valence-corrected chi connectivity index (χ1v) is 8.35. The van der Waals surface area contributed by atoms with E-state index in [4.69, 9.17) is 0 Å². The zero-order valence-electron chi connectivity index (χ0n) is 14.4. The van der Waals surface area contributed by atoms with Crippen molar-refractivity contribution in [3.8, 4) is 11.8 Å². The molecule has 0 heterocycles. The molecule has 0 aliphatic rings. The van der Waals surface area contributed by atoms with Crippen molar-refractivity contribution in [3.05, 3.63) is 77.4 Å². The Hall–Kier alpha value is -3.58. The monoisotopic (exact) mass is 342 g/mol. The number of carbonyl (C=O) groups is 1. The molecule has 26 heavy (non-hydrogen) atoms. The highest BCUT2D eigenvalue weighted by Gasteiger charge is 2.12. The van der Waals surface area contributed by atoms with Crippen LogP contribution in [0.2, 0.25) is 0 Å². The van der Waals surface area contributed by atoms with E-state index in [0.29, 0.717) is 11.3 Å². The molecule has 0 unspecified atom stereocenters. The summed E-state index contributed by atoms with van der Waals surface area (Å²) in [6.07, 6.45) is 2.34. The normalized spacial score (nSPS) is 11.2. The number of anilines is 1. The maximum atomic E-state index is 12.5. The molecule has 3 rings (SSSR count). The molecule has 1 amide bonds. The van der Waals surface area contributed by atoms with Gasteiger partial charge in [0.1, 0.15) is 17.4 Å². The minimum atomic E-state index is -0.510. The molecule has 0 bridgehead atoms. The lowest BCUT2D eigenvalue weighted by Gasteiger charge is -2.08. The highest BCUT2D eigenvalue weighted by Crippen LogP contribution is 2.29. The maximum Gasteiger partial charge on any atom is 0.266 e. The van der Waals surface area contributed by atoms with E-state index >= 15 is 0 Å². The van der Waals surface area contributed by atoms with Crippen LogP contribution in [0, 0.1) is 11.3 Å². The van der Waals surface area contributed by atoms with Gasteiger partial charge in [-0.05, 0) is 47.0 Å². The molecule has 0 atom stereocenters. The second-order valence-electron chi connectivity index (χ2n) is 5.89. The van der Waals surface area contributed by atoms with Crippen molar-refractivity contribution < 1.29 is 9.90 Å². The molecule has 4 heteroatoms. The Morgan fingerprint density at radius 2 is 1.85 bits per heavy atom. The Kier molecular flexibility index (Phi) is 5.00. The van der Waals surface area contributed by atoms with Gasteiger partial charge in [-0.25, -0.2) is 0 Å². The number of rotatable bonds is 4. The van der Waals surface area contributed by atoms with Crippen LogP contribution in [0.5, 0.6) is 5.75 Å². The molecule has 3 aromatic rings. The first-order chi connectivity index (χ1) is 12.6. The number of carbonyl (C=O) groups excluding carboxylic acids is 1. The lowest BCUT2D eigenvalue weighted by molar-refractivity contribution is -0.112. The number of phenols is 1. The van der Waals surface area contributed by atoms with Gasteiger partial charge in [-0.2, -0.15) is 5.26 Å². The molecule has 128 valence electrons. The number of aromatic hydroxyl groups is 1. The highest BCUT2D eigenvalue weighted by molar-refractivity contribution is 6.11. The van der Waals surface area contributed by atoms with Crippen molar-refractivity contribution in [1.82, 2.24) is 0 Å². The van der Waals surface area contributed by atoms with Gasteiger partial charge in [0.15, 0.2) is 0 Å². The van der Waals surface area contributed by atoms with Gasteiger partial charge < -0.3 is 10.4 Å². The molecule has 2 N–H and O–H groups in total. The predicted molar refractivity (Wildman–Crippen MR) is 104 cm³/mol. The van der Waals surface area contributed by atoms with E-state index in [0.717, 1.165) is 17.2 Å². The molecule has 0 saturated carbocycles. The second kappa shape index (κ2) is 7.54. The lowest BCUT2D eigenvalue weighted by Crippen LogP contribution is -2.13. The van der Waals surface area contributed by atoms with E-state index < -0.39 is 5.91 Å². The van der Waals surface area contributed by atoms with Crippen LogP contribution >= 0.6 is 0 Å². The fourth-order valence-electron chi connectivity index (χ4n) is 2.75. The fourth-order valence-corrected chi connectivity index (χ4v) is 2.75. The van der Waals surface area contributed by atoms with Crippen LogP contribution in [0.1, 0.15) is 18.1 Å². The van der Waals surface area contributed by atoms with Crippen molar-refractivity contribution >= 4 is 28.4 Å². The number of fused-ring (bicyclic) bond motifs is 1. The van der Waals surface area contributed by atoms with Crippen LogP contribution in [0.4, 0.5) is 5.69 Å². The van der Waals surface area contributed by atoms with Crippen molar-refractivity contribution in [2.45, 2.75) is 13.3 Å². The summed E-state index contributed by atoms with van der Waals surface area (Å²) in [6, 6.07) is 20.3. The summed E-state index contributed by atoms with van der Waals surface area (Å²) in [5.74, 6) is -0.486. The molecule has 0 aliphatic carbocycles. The third kappa shape index (κ3) is 3.57. The van der Waals surface area contributed by atoms with E-state index in [1.807, 2.05) is 42.5 Å². The van der Waals surface area contributed by atoms with Crippen molar-refractivity contribution in [1.29, 1.82) is 5.26 Å². The molecule has 0 aromatic heterocycles. The first kappa shape index (κ1) is 17.2. The first-order valence-electron chi connectivity index (χ1n) is 8.35. The maximum absolute atomic E-state index is 12.5. The number of amides is 1. The van der Waals surface area contributed by atoms with E-state index in [2.05, 4.69) is 12.2 Å². The number of aryl methyl sites for hydroxylation is 1. The second-order valence-corrected chi connectivity index (χ2v) is 5.89. The molecule has 0 spiro atoms. The molecule has 3 aromatic carbocycles. The van der Waals surface area contributed by atoms with Gasteiger partial charge in [-0.3, -0.25) is 4.79 Å². The number of hydrogen-bond donors (Lipinski definition) is 2. The standard InChI is InChI=1S/C22H18N2O2/c1-2-15-7-10-18(11-8-15)24-22(26)17(14-23)13-20-19-6-4-3-5-16(19)9-12-21(20)25/h3-13,25H,2H2,1H3,(H,24,26). The number of nitrogens with one attached hydrogen (secondary N) is 1. The van der Waals surface area contributed by atoms with Crippen LogP contribution in [-0.2, 0) is 11.2 Å². The highest BCUT2D eigenvalue weighted by atomic mass is 16.3. The number of nitrogens with zero attached hydrogens (tertiary/aromatic N) is 1. The van der Waals surface area contributed by atoms with Crippen LogP contribution in [0.15, 0.2) is 66.2 Å². The van der Waals surface area contributed by atoms with Gasteiger partial charge in [0.2, 0.25) is 0 Å². The Labute approximate surface area is 152 Å². The summed E-state index contributed by atoms with van der Waals surface area (Å²) < 4.78 is 0. The van der Waals surface area contributed by atoms with Crippen LogP contribution in [0.25, 0.3) is 16.8 Å². The van der Waals surface area contributed by atoms with Gasteiger partial charge in [0.25, 0.3) is 5.91 Å². The lowest BCUT2D eigenvalue weighted by atomic mass is 10.0. The molecule has 0 aliphatic heterocycles. The SMILES string of the molecule is CCc1ccc(NC(=O)C(C#N)=Cc2c(O)ccc3ccccc23)cc1. The molecule has 4 nitrogen and oxygen atoms in total. The average molecular weight is 342 g/mol. The van der Waals surface area contributed by atoms with Crippen molar-refractivity contribution in [3.63, 3.8) is 0 Å². The molecule has 0 saturated heterocycles. The van der Waals surface area contributed by atoms with E-state index in [1.54, 1.807) is 24.3 Å².